The third-order valence-corrected chi connectivity index (χ3v) is 10.3. The molecule has 4 aliphatic heterocycles. The second-order valence-corrected chi connectivity index (χ2v) is 14.8. The van der Waals surface area contributed by atoms with Crippen molar-refractivity contribution in [2.75, 3.05) is 19.8 Å². The Morgan fingerprint density at radius 1 is 0.712 bits per heavy atom. The zero-order valence-corrected chi connectivity index (χ0v) is 32.2. The number of carboxylic acids is 1. The van der Waals surface area contributed by atoms with Crippen molar-refractivity contribution in [2.24, 2.45) is 0 Å². The second-order valence-electron chi connectivity index (χ2n) is 14.8. The van der Waals surface area contributed by atoms with Crippen molar-refractivity contribution in [3.8, 4) is 0 Å². The average Bonchev–Trinajstić information content (AvgIpc) is 3.16. The van der Waals surface area contributed by atoms with Crippen LogP contribution in [0, 0.1) is 0 Å². The van der Waals surface area contributed by atoms with Crippen LogP contribution in [-0.4, -0.2) is 233 Å². The van der Waals surface area contributed by atoms with Crippen molar-refractivity contribution in [2.45, 2.75) is 162 Å². The van der Waals surface area contributed by atoms with E-state index in [1.54, 1.807) is 0 Å². The Kier molecular flexibility index (Phi) is 16.8. The van der Waals surface area contributed by atoms with Gasteiger partial charge in [0.25, 0.3) is 5.79 Å². The quantitative estimate of drug-likeness (QED) is 0.0727. The molecule has 3 amide bonds. The van der Waals surface area contributed by atoms with Gasteiger partial charge in [-0.1, -0.05) is 0 Å². The zero-order chi connectivity index (χ0) is 44.3. The van der Waals surface area contributed by atoms with Gasteiger partial charge in [0.05, 0.1) is 38.1 Å². The number of aliphatic hydroxyl groups is 11. The predicted molar refractivity (Wildman–Crippen MR) is 184 cm³/mol. The topological polar surface area (TPSA) is 412 Å². The lowest BCUT2D eigenvalue weighted by atomic mass is 9.88. The fourth-order valence-corrected chi connectivity index (χ4v) is 7.28. The second kappa shape index (κ2) is 20.4. The van der Waals surface area contributed by atoms with Gasteiger partial charge in [0.15, 0.2) is 18.9 Å². The molecule has 4 rings (SSSR count). The standard InChI is InChI=1S/C33H55N3O23/c1-9-20(44)24(48)25(49)31(54-9)58-27-19(36-12(4)41)30(56-15(7-38)22(27)46)57-26-18(35-11(3)40)29(50)55-16(23(26)47)8-53-33(32(51)52)5-13(42)17(34-10(2)39)28(59-33)21(45)14(43)6-37/h9,13-31,37-38,42-50H,5-8H2,1-4H3,(H,34,39)(H,35,40)(H,36,41)(H,51,52)/t9-,13-,14+,15+,16+,17+,18+,19+,20+,21+,22+,23-,24+,25-,26+,27+,28+,29?,30-,31-,33+/m0/s1. The highest BCUT2D eigenvalue weighted by molar-refractivity contribution is 5.77. The molecule has 0 spiro atoms. The van der Waals surface area contributed by atoms with Crippen LogP contribution in [0.3, 0.4) is 0 Å². The molecule has 0 aromatic heterocycles. The van der Waals surface area contributed by atoms with E-state index < -0.39 is 178 Å². The number of aliphatic carboxylic acids is 1. The van der Waals surface area contributed by atoms with Crippen LogP contribution in [0.2, 0.25) is 0 Å². The number of carboxylic acid groups (broad SMARTS) is 1. The van der Waals surface area contributed by atoms with Crippen LogP contribution in [0.25, 0.3) is 0 Å². The van der Waals surface area contributed by atoms with E-state index in [-0.39, 0.29) is 0 Å². The number of hydrogen-bond acceptors (Lipinski definition) is 22. The summed E-state index contributed by atoms with van der Waals surface area (Å²) in [5.41, 5.74) is 0. The Hall–Kier alpha value is -2.84. The first-order valence-corrected chi connectivity index (χ1v) is 18.5. The summed E-state index contributed by atoms with van der Waals surface area (Å²) < 4.78 is 39.8. The van der Waals surface area contributed by atoms with Crippen LogP contribution >= 0.6 is 0 Å². The molecule has 0 aromatic rings. The van der Waals surface area contributed by atoms with E-state index >= 15 is 0 Å². The number of amides is 3. The average molecular weight is 862 g/mol. The molecule has 0 bridgehead atoms. The fraction of sp³-hybridized carbons (Fsp3) is 0.879. The van der Waals surface area contributed by atoms with Crippen molar-refractivity contribution in [3.05, 3.63) is 0 Å². The minimum absolute atomic E-state index is 0.752. The lowest BCUT2D eigenvalue weighted by molar-refractivity contribution is -0.358. The third-order valence-electron chi connectivity index (χ3n) is 10.3. The first-order chi connectivity index (χ1) is 27.6. The van der Waals surface area contributed by atoms with E-state index in [1.165, 1.54) is 6.92 Å². The van der Waals surface area contributed by atoms with Crippen molar-refractivity contribution >= 4 is 23.7 Å². The van der Waals surface area contributed by atoms with Crippen LogP contribution in [0.1, 0.15) is 34.1 Å². The lowest BCUT2D eigenvalue weighted by Crippen LogP contribution is -2.71. The summed E-state index contributed by atoms with van der Waals surface area (Å²) in [6, 6.07) is -4.86. The predicted octanol–water partition coefficient (Wildman–Crippen LogP) is -9.08. The van der Waals surface area contributed by atoms with Gasteiger partial charge in [-0.2, -0.15) is 0 Å². The van der Waals surface area contributed by atoms with Crippen molar-refractivity contribution < 1.29 is 114 Å². The van der Waals surface area contributed by atoms with E-state index in [2.05, 4.69) is 16.0 Å². The number of carbonyl (C=O) groups is 4. The Labute approximate surface area is 335 Å². The third kappa shape index (κ3) is 11.0. The lowest BCUT2D eigenvalue weighted by Gasteiger charge is -2.50. The van der Waals surface area contributed by atoms with E-state index in [9.17, 15) is 80.5 Å². The Balaban J connectivity index is 1.65. The molecule has 0 radical (unpaired) electrons. The SMILES string of the molecule is CC(=O)N[C@H]1[C@H](O[C@H]2[C@@H](O)[C@@H](CO[C@]3(C(=O)O)C[C@H](O)[C@@H](NC(C)=O)[C@H]([C@H](O)[C@H](O)CO)O3)OC(O)[C@@H]2NC(C)=O)O[C@H](CO)[C@@H](O)[C@@H]1O[C@@H]1O[C@@H](C)[C@@H](O)[C@@H](O)[C@@H]1O. The highest BCUT2D eigenvalue weighted by Crippen LogP contribution is 2.36. The maximum Gasteiger partial charge on any atom is 0.364 e. The van der Waals surface area contributed by atoms with Crippen LogP contribution < -0.4 is 16.0 Å². The van der Waals surface area contributed by atoms with Crippen LogP contribution in [0.5, 0.6) is 0 Å². The zero-order valence-electron chi connectivity index (χ0n) is 32.2. The number of ether oxygens (including phenoxy) is 7. The monoisotopic (exact) mass is 861 g/mol. The molecular formula is C33H55N3O23. The number of aliphatic hydroxyl groups excluding tert-OH is 11. The van der Waals surface area contributed by atoms with Gasteiger partial charge in [-0.15, -0.1) is 0 Å². The molecule has 340 valence electrons. The smallest absolute Gasteiger partial charge is 0.364 e. The number of hydrogen-bond donors (Lipinski definition) is 15. The normalized spacial score (nSPS) is 43.8. The summed E-state index contributed by atoms with van der Waals surface area (Å²) >= 11 is 0. The first kappa shape index (κ1) is 48.8. The number of rotatable bonds is 15. The molecule has 4 aliphatic rings. The Morgan fingerprint density at radius 3 is 1.81 bits per heavy atom. The van der Waals surface area contributed by atoms with Crippen LogP contribution in [-0.2, 0) is 52.3 Å². The molecule has 26 heteroatoms. The van der Waals surface area contributed by atoms with Crippen LogP contribution in [0.15, 0.2) is 0 Å². The maximum absolute atomic E-state index is 12.7. The molecule has 1 unspecified atom stereocenters. The summed E-state index contributed by atoms with van der Waals surface area (Å²) in [6.07, 6.45) is -31.7. The summed E-state index contributed by atoms with van der Waals surface area (Å²) in [4.78, 5) is 49.4. The molecule has 21 atom stereocenters. The number of carbonyl (C=O) groups excluding carboxylic acids is 3. The van der Waals surface area contributed by atoms with Gasteiger partial charge in [0.2, 0.25) is 17.7 Å². The molecule has 26 nitrogen and oxygen atoms in total. The van der Waals surface area contributed by atoms with Crippen molar-refractivity contribution in [1.29, 1.82) is 0 Å². The maximum atomic E-state index is 12.7. The molecule has 4 saturated heterocycles. The van der Waals surface area contributed by atoms with E-state index in [1.807, 2.05) is 0 Å². The van der Waals surface area contributed by atoms with Crippen LogP contribution in [0.4, 0.5) is 0 Å². The first-order valence-electron chi connectivity index (χ1n) is 18.5. The molecule has 0 saturated carbocycles. The number of nitrogens with one attached hydrogen (secondary N) is 3. The van der Waals surface area contributed by atoms with Gasteiger partial charge in [0, 0.05) is 27.2 Å². The molecule has 0 aliphatic carbocycles. The largest absolute Gasteiger partial charge is 0.477 e. The highest BCUT2D eigenvalue weighted by atomic mass is 16.7. The van der Waals surface area contributed by atoms with E-state index in [0.29, 0.717) is 0 Å². The Bertz CT molecular complexity index is 1450. The molecule has 0 aromatic carbocycles. The molecule has 4 fully saturated rings. The molecular weight excluding hydrogens is 806 g/mol. The molecule has 4 heterocycles. The van der Waals surface area contributed by atoms with Gasteiger partial charge in [-0.3, -0.25) is 14.4 Å². The Morgan fingerprint density at radius 2 is 1.25 bits per heavy atom. The molecule has 15 N–H and O–H groups in total. The van der Waals surface area contributed by atoms with Gasteiger partial charge in [0.1, 0.15) is 85.3 Å². The van der Waals surface area contributed by atoms with E-state index in [4.69, 9.17) is 33.2 Å². The van der Waals surface area contributed by atoms with Gasteiger partial charge in [-0.25, -0.2) is 4.79 Å². The summed E-state index contributed by atoms with van der Waals surface area (Å²) in [7, 11) is 0. The van der Waals surface area contributed by atoms with Crippen molar-refractivity contribution in [1.82, 2.24) is 16.0 Å². The summed E-state index contributed by atoms with van der Waals surface area (Å²) in [5, 5.41) is 134. The molecule has 59 heavy (non-hydrogen) atoms. The van der Waals surface area contributed by atoms with E-state index in [0.717, 1.165) is 20.8 Å². The summed E-state index contributed by atoms with van der Waals surface area (Å²) in [5.74, 6) is -7.17. The van der Waals surface area contributed by atoms with Gasteiger partial charge < -0.3 is 110 Å². The van der Waals surface area contributed by atoms with Gasteiger partial charge in [-0.05, 0) is 6.92 Å². The highest BCUT2D eigenvalue weighted by Gasteiger charge is 2.58. The van der Waals surface area contributed by atoms with Gasteiger partial charge >= 0.3 is 5.97 Å². The minimum Gasteiger partial charge on any atom is -0.477 e. The minimum atomic E-state index is -2.92. The fourth-order valence-electron chi connectivity index (χ4n) is 7.28. The van der Waals surface area contributed by atoms with Crippen molar-refractivity contribution in [3.63, 3.8) is 0 Å². The summed E-state index contributed by atoms with van der Waals surface area (Å²) in [6.45, 7) is 1.44.